The fraction of sp³-hybridized carbons (Fsp3) is 0.160. The number of hydrogen-bond donors (Lipinski definition) is 1. The maximum atomic E-state index is 12.5. The van der Waals surface area contributed by atoms with Crippen molar-refractivity contribution in [2.45, 2.75) is 12.3 Å². The highest BCUT2D eigenvalue weighted by Gasteiger charge is 2.28. The highest BCUT2D eigenvalue weighted by molar-refractivity contribution is 5.79. The van der Waals surface area contributed by atoms with E-state index in [0.717, 1.165) is 11.1 Å². The maximum absolute atomic E-state index is 12.5. The molecular formula is C25H19F2NO2. The Morgan fingerprint density at radius 2 is 1.53 bits per heavy atom. The number of alkyl halides is 2. The van der Waals surface area contributed by atoms with Crippen LogP contribution in [0, 0.1) is 11.8 Å². The van der Waals surface area contributed by atoms with Crippen molar-refractivity contribution in [2.75, 3.05) is 13.2 Å². The molecule has 0 fully saturated rings. The summed E-state index contributed by atoms with van der Waals surface area (Å²) in [5, 5.41) is 2.60. The number of rotatable bonds is 4. The van der Waals surface area contributed by atoms with Gasteiger partial charge in [-0.05, 0) is 34.4 Å². The standard InChI is InChI=1S/C25H19F2NO2/c26-24(27)18-13-11-17(12-14-18)6-5-15-28-25(29)30-16-23-21-9-3-1-7-19(21)20-8-2-4-10-22(20)23/h1-4,7-14,23-24H,15-16H2,(H,28,29). The molecule has 1 N–H and O–H groups in total. The predicted molar refractivity (Wildman–Crippen MR) is 111 cm³/mol. The van der Waals surface area contributed by atoms with E-state index in [1.807, 2.05) is 24.3 Å². The van der Waals surface area contributed by atoms with Gasteiger partial charge in [0.15, 0.2) is 0 Å². The Morgan fingerprint density at radius 1 is 0.933 bits per heavy atom. The summed E-state index contributed by atoms with van der Waals surface area (Å²) < 4.78 is 30.5. The molecule has 3 aromatic rings. The summed E-state index contributed by atoms with van der Waals surface area (Å²) in [6.45, 7) is 0.343. The van der Waals surface area contributed by atoms with Gasteiger partial charge in [0.25, 0.3) is 6.43 Å². The lowest BCUT2D eigenvalue weighted by atomic mass is 9.98. The summed E-state index contributed by atoms with van der Waals surface area (Å²) >= 11 is 0. The second kappa shape index (κ2) is 8.79. The van der Waals surface area contributed by atoms with Crippen molar-refractivity contribution < 1.29 is 18.3 Å². The molecule has 1 amide bonds. The highest BCUT2D eigenvalue weighted by Crippen LogP contribution is 2.44. The molecule has 5 heteroatoms. The van der Waals surface area contributed by atoms with E-state index in [1.54, 1.807) is 0 Å². The van der Waals surface area contributed by atoms with E-state index in [0.29, 0.717) is 5.56 Å². The number of ether oxygens (including phenoxy) is 1. The van der Waals surface area contributed by atoms with E-state index >= 15 is 0 Å². The van der Waals surface area contributed by atoms with Crippen LogP contribution in [0.5, 0.6) is 0 Å². The number of alkyl carbamates (subject to hydrolysis) is 1. The zero-order valence-corrected chi connectivity index (χ0v) is 16.1. The number of fused-ring (bicyclic) bond motifs is 3. The summed E-state index contributed by atoms with van der Waals surface area (Å²) in [5.41, 5.74) is 5.21. The molecule has 0 saturated carbocycles. The maximum Gasteiger partial charge on any atom is 0.407 e. The van der Waals surface area contributed by atoms with Gasteiger partial charge in [-0.3, -0.25) is 0 Å². The van der Waals surface area contributed by atoms with E-state index in [4.69, 9.17) is 4.74 Å². The van der Waals surface area contributed by atoms with Gasteiger partial charge in [-0.1, -0.05) is 72.5 Å². The van der Waals surface area contributed by atoms with Crippen LogP contribution in [-0.2, 0) is 4.74 Å². The third-order valence-electron chi connectivity index (χ3n) is 5.06. The predicted octanol–water partition coefficient (Wildman–Crippen LogP) is 5.51. The van der Waals surface area contributed by atoms with Crippen molar-refractivity contribution in [3.8, 4) is 23.0 Å². The molecule has 0 heterocycles. The molecule has 0 aromatic heterocycles. The van der Waals surface area contributed by atoms with E-state index in [9.17, 15) is 13.6 Å². The number of amides is 1. The van der Waals surface area contributed by atoms with Gasteiger partial charge in [0.05, 0.1) is 6.54 Å². The number of carbonyl (C=O) groups excluding carboxylic acids is 1. The molecule has 0 aliphatic heterocycles. The van der Waals surface area contributed by atoms with Crippen LogP contribution in [0.2, 0.25) is 0 Å². The summed E-state index contributed by atoms with van der Waals surface area (Å²) in [6.07, 6.45) is -3.04. The van der Waals surface area contributed by atoms with E-state index in [1.165, 1.54) is 35.4 Å². The van der Waals surface area contributed by atoms with E-state index in [2.05, 4.69) is 41.4 Å². The SMILES string of the molecule is O=C(NCC#Cc1ccc(C(F)F)cc1)OCC1c2ccccc2-c2ccccc21. The molecule has 0 bridgehead atoms. The lowest BCUT2D eigenvalue weighted by Crippen LogP contribution is -2.26. The molecular weight excluding hydrogens is 384 g/mol. The Hall–Kier alpha value is -3.65. The minimum atomic E-state index is -2.50. The molecule has 3 nitrogen and oxygen atoms in total. The fourth-order valence-electron chi connectivity index (χ4n) is 3.62. The van der Waals surface area contributed by atoms with Crippen LogP contribution in [0.15, 0.2) is 72.8 Å². The average Bonchev–Trinajstić information content (AvgIpc) is 3.09. The Balaban J connectivity index is 1.32. The van der Waals surface area contributed by atoms with E-state index < -0.39 is 12.5 Å². The first kappa shape index (κ1) is 19.7. The molecule has 0 saturated heterocycles. The van der Waals surface area contributed by atoms with Gasteiger partial charge >= 0.3 is 6.09 Å². The number of benzene rings is 3. The van der Waals surface area contributed by atoms with Crippen molar-refractivity contribution in [1.82, 2.24) is 5.32 Å². The van der Waals surface area contributed by atoms with Gasteiger partial charge in [0.2, 0.25) is 0 Å². The van der Waals surface area contributed by atoms with Gasteiger partial charge in [0, 0.05) is 17.0 Å². The monoisotopic (exact) mass is 403 g/mol. The Kier molecular flexibility index (Phi) is 5.76. The number of nitrogens with one attached hydrogen (secondary N) is 1. The molecule has 0 unspecified atom stereocenters. The van der Waals surface area contributed by atoms with Crippen molar-refractivity contribution in [1.29, 1.82) is 0 Å². The Labute approximate surface area is 173 Å². The average molecular weight is 403 g/mol. The third kappa shape index (κ3) is 4.18. The molecule has 0 spiro atoms. The van der Waals surface area contributed by atoms with Crippen LogP contribution in [-0.4, -0.2) is 19.2 Å². The van der Waals surface area contributed by atoms with Gasteiger partial charge in [-0.15, -0.1) is 0 Å². The topological polar surface area (TPSA) is 38.3 Å². The number of hydrogen-bond acceptors (Lipinski definition) is 2. The van der Waals surface area contributed by atoms with Crippen LogP contribution < -0.4 is 5.32 Å². The molecule has 0 radical (unpaired) electrons. The molecule has 4 rings (SSSR count). The van der Waals surface area contributed by atoms with Gasteiger partial charge < -0.3 is 10.1 Å². The van der Waals surface area contributed by atoms with Crippen molar-refractivity contribution in [3.63, 3.8) is 0 Å². The van der Waals surface area contributed by atoms with Gasteiger partial charge in [-0.2, -0.15) is 0 Å². The normalized spacial score (nSPS) is 12.0. The number of carbonyl (C=O) groups is 1. The summed E-state index contributed by atoms with van der Waals surface area (Å²) in [7, 11) is 0. The molecule has 0 atom stereocenters. The zero-order chi connectivity index (χ0) is 20.9. The van der Waals surface area contributed by atoms with Crippen molar-refractivity contribution >= 4 is 6.09 Å². The second-order valence-electron chi connectivity index (χ2n) is 6.90. The Morgan fingerprint density at radius 3 is 2.13 bits per heavy atom. The van der Waals surface area contributed by atoms with Crippen molar-refractivity contribution in [3.05, 3.63) is 95.1 Å². The van der Waals surface area contributed by atoms with Crippen molar-refractivity contribution in [2.24, 2.45) is 0 Å². The summed E-state index contributed by atoms with van der Waals surface area (Å²) in [5.74, 6) is 5.62. The molecule has 1 aliphatic rings. The van der Waals surface area contributed by atoms with E-state index in [-0.39, 0.29) is 24.6 Å². The zero-order valence-electron chi connectivity index (χ0n) is 16.1. The number of halogens is 2. The minimum absolute atomic E-state index is 0.00239. The Bertz CT molecular complexity index is 1070. The fourth-order valence-corrected chi connectivity index (χ4v) is 3.62. The quantitative estimate of drug-likeness (QED) is 0.583. The van der Waals surface area contributed by atoms with Crippen LogP contribution in [0.3, 0.4) is 0 Å². The lowest BCUT2D eigenvalue weighted by Gasteiger charge is -2.14. The van der Waals surface area contributed by atoms with Crippen LogP contribution in [0.4, 0.5) is 13.6 Å². The first-order chi connectivity index (χ1) is 14.6. The van der Waals surface area contributed by atoms with Gasteiger partial charge in [0.1, 0.15) is 6.61 Å². The minimum Gasteiger partial charge on any atom is -0.449 e. The molecule has 30 heavy (non-hydrogen) atoms. The van der Waals surface area contributed by atoms with Gasteiger partial charge in [-0.25, -0.2) is 13.6 Å². The smallest absolute Gasteiger partial charge is 0.407 e. The van der Waals surface area contributed by atoms with Crippen LogP contribution >= 0.6 is 0 Å². The summed E-state index contributed by atoms with van der Waals surface area (Å²) in [6, 6.07) is 22.0. The third-order valence-corrected chi connectivity index (χ3v) is 5.06. The van der Waals surface area contributed by atoms with Crippen LogP contribution in [0.1, 0.15) is 34.6 Å². The summed E-state index contributed by atoms with van der Waals surface area (Å²) in [4.78, 5) is 12.1. The highest BCUT2D eigenvalue weighted by atomic mass is 19.3. The second-order valence-corrected chi connectivity index (χ2v) is 6.90. The molecule has 1 aliphatic carbocycles. The first-order valence-electron chi connectivity index (χ1n) is 9.59. The van der Waals surface area contributed by atoms with Crippen LogP contribution in [0.25, 0.3) is 11.1 Å². The first-order valence-corrected chi connectivity index (χ1v) is 9.59. The lowest BCUT2D eigenvalue weighted by molar-refractivity contribution is 0.144. The largest absolute Gasteiger partial charge is 0.449 e. The molecule has 3 aromatic carbocycles. The molecule has 150 valence electrons.